The third-order valence-corrected chi connectivity index (χ3v) is 5.05. The molecule has 0 heterocycles. The zero-order valence-electron chi connectivity index (χ0n) is 16.8. The summed E-state index contributed by atoms with van der Waals surface area (Å²) in [5.74, 6) is 0.975. The standard InChI is InChI=1S/C24H23BrN2O3/c1-3-22(19-11-9-18(10-12-19)17-7-5-4-6-8-17)26-27-24(28)16-30-23-14-13-20(29-2)15-21(23)25/h3-15,26H,16H2,1-2H3,(H,27,28). The lowest BCUT2D eigenvalue weighted by Crippen LogP contribution is -2.39. The van der Waals surface area contributed by atoms with Crippen LogP contribution in [0.1, 0.15) is 12.5 Å². The van der Waals surface area contributed by atoms with Gasteiger partial charge in [-0.1, -0.05) is 60.7 Å². The molecule has 0 saturated heterocycles. The van der Waals surface area contributed by atoms with Crippen LogP contribution >= 0.6 is 15.9 Å². The van der Waals surface area contributed by atoms with Gasteiger partial charge in [0.25, 0.3) is 5.91 Å². The summed E-state index contributed by atoms with van der Waals surface area (Å²) in [7, 11) is 1.59. The maximum absolute atomic E-state index is 12.2. The van der Waals surface area contributed by atoms with E-state index in [1.54, 1.807) is 25.3 Å². The minimum absolute atomic E-state index is 0.123. The van der Waals surface area contributed by atoms with Crippen LogP contribution in [-0.4, -0.2) is 19.6 Å². The number of hydrogen-bond donors (Lipinski definition) is 2. The Hall–Kier alpha value is -3.25. The molecule has 0 saturated carbocycles. The van der Waals surface area contributed by atoms with Gasteiger partial charge in [0.15, 0.2) is 6.61 Å². The van der Waals surface area contributed by atoms with E-state index in [4.69, 9.17) is 9.47 Å². The molecule has 0 unspecified atom stereocenters. The SMILES string of the molecule is CC=C(NNC(=O)COc1ccc(OC)cc1Br)c1ccc(-c2ccccc2)cc1. The first-order valence-electron chi connectivity index (χ1n) is 9.44. The molecule has 0 spiro atoms. The quantitative estimate of drug-likeness (QED) is 0.448. The highest BCUT2D eigenvalue weighted by atomic mass is 79.9. The second-order valence-electron chi connectivity index (χ2n) is 6.40. The number of hydrogen-bond acceptors (Lipinski definition) is 4. The predicted molar refractivity (Wildman–Crippen MR) is 123 cm³/mol. The summed E-state index contributed by atoms with van der Waals surface area (Å²) in [5, 5.41) is 0. The van der Waals surface area contributed by atoms with Gasteiger partial charge in [-0.2, -0.15) is 0 Å². The van der Waals surface area contributed by atoms with Crippen LogP contribution in [0.25, 0.3) is 16.8 Å². The molecule has 0 aromatic heterocycles. The molecule has 154 valence electrons. The minimum atomic E-state index is -0.294. The first-order chi connectivity index (χ1) is 14.6. The Morgan fingerprint density at radius 3 is 2.30 bits per heavy atom. The number of halogens is 1. The lowest BCUT2D eigenvalue weighted by molar-refractivity contribution is -0.123. The molecule has 0 aliphatic carbocycles. The Kier molecular flexibility index (Phi) is 7.51. The summed E-state index contributed by atoms with van der Waals surface area (Å²) in [4.78, 5) is 12.2. The molecular formula is C24H23BrN2O3. The van der Waals surface area contributed by atoms with Crippen LogP contribution in [0.5, 0.6) is 11.5 Å². The van der Waals surface area contributed by atoms with Crippen molar-refractivity contribution < 1.29 is 14.3 Å². The summed E-state index contributed by atoms with van der Waals surface area (Å²) >= 11 is 3.40. The number of carbonyl (C=O) groups is 1. The summed E-state index contributed by atoms with van der Waals surface area (Å²) in [5.41, 5.74) is 9.70. The molecule has 0 atom stereocenters. The molecule has 3 aromatic carbocycles. The predicted octanol–water partition coefficient (Wildman–Crippen LogP) is 5.19. The van der Waals surface area contributed by atoms with E-state index < -0.39 is 0 Å². The summed E-state index contributed by atoms with van der Waals surface area (Å²) in [6.45, 7) is 1.78. The molecule has 1 amide bonds. The lowest BCUT2D eigenvalue weighted by Gasteiger charge is -2.14. The van der Waals surface area contributed by atoms with Gasteiger partial charge in [-0.15, -0.1) is 0 Å². The number of nitrogens with one attached hydrogen (secondary N) is 2. The lowest BCUT2D eigenvalue weighted by atomic mass is 10.0. The van der Waals surface area contributed by atoms with Crippen LogP contribution in [0.15, 0.2) is 83.3 Å². The third-order valence-electron chi connectivity index (χ3n) is 4.43. The first kappa shape index (κ1) is 21.5. The Labute approximate surface area is 184 Å². The van der Waals surface area contributed by atoms with E-state index >= 15 is 0 Å². The van der Waals surface area contributed by atoms with E-state index in [9.17, 15) is 4.79 Å². The second kappa shape index (κ2) is 10.5. The molecule has 3 aromatic rings. The van der Waals surface area contributed by atoms with E-state index in [1.165, 1.54) is 0 Å². The summed E-state index contributed by atoms with van der Waals surface area (Å²) in [6.07, 6.45) is 1.90. The van der Waals surface area contributed by atoms with Crippen LogP contribution in [0, 0.1) is 0 Å². The molecule has 0 radical (unpaired) electrons. The van der Waals surface area contributed by atoms with Crippen LogP contribution in [0.4, 0.5) is 0 Å². The van der Waals surface area contributed by atoms with Gasteiger partial charge in [-0.3, -0.25) is 15.6 Å². The molecule has 6 heteroatoms. The molecule has 3 rings (SSSR count). The molecule has 2 N–H and O–H groups in total. The van der Waals surface area contributed by atoms with Crippen molar-refractivity contribution in [3.05, 3.63) is 88.9 Å². The zero-order chi connectivity index (χ0) is 21.3. The highest BCUT2D eigenvalue weighted by Gasteiger charge is 2.08. The monoisotopic (exact) mass is 466 g/mol. The fourth-order valence-corrected chi connectivity index (χ4v) is 3.30. The smallest absolute Gasteiger partial charge is 0.276 e. The fraction of sp³-hybridized carbons (Fsp3) is 0.125. The number of ether oxygens (including phenoxy) is 2. The maximum Gasteiger partial charge on any atom is 0.276 e. The van der Waals surface area contributed by atoms with E-state index in [-0.39, 0.29) is 12.5 Å². The van der Waals surface area contributed by atoms with Crippen LogP contribution < -0.4 is 20.3 Å². The van der Waals surface area contributed by atoms with E-state index in [1.807, 2.05) is 43.3 Å². The minimum Gasteiger partial charge on any atom is -0.497 e. The van der Waals surface area contributed by atoms with Gasteiger partial charge in [0, 0.05) is 0 Å². The zero-order valence-corrected chi connectivity index (χ0v) is 18.4. The normalized spacial score (nSPS) is 11.0. The Bertz CT molecular complexity index is 1020. The molecule has 0 bridgehead atoms. The summed E-state index contributed by atoms with van der Waals surface area (Å²) in [6, 6.07) is 23.6. The number of methoxy groups -OCH3 is 1. The number of carbonyl (C=O) groups excluding carboxylic acids is 1. The molecule has 0 aliphatic rings. The highest BCUT2D eigenvalue weighted by Crippen LogP contribution is 2.29. The Morgan fingerprint density at radius 2 is 1.67 bits per heavy atom. The first-order valence-corrected chi connectivity index (χ1v) is 10.2. The van der Waals surface area contributed by atoms with Gasteiger partial charge in [0.2, 0.25) is 0 Å². The number of amides is 1. The number of hydrazine groups is 1. The average Bonchev–Trinajstić information content (AvgIpc) is 2.79. The van der Waals surface area contributed by atoms with Crippen molar-refractivity contribution in [2.75, 3.05) is 13.7 Å². The Morgan fingerprint density at radius 1 is 0.967 bits per heavy atom. The summed E-state index contributed by atoms with van der Waals surface area (Å²) < 4.78 is 11.4. The van der Waals surface area contributed by atoms with Crippen LogP contribution in [-0.2, 0) is 4.79 Å². The number of benzene rings is 3. The van der Waals surface area contributed by atoms with Crippen molar-refractivity contribution in [1.82, 2.24) is 10.9 Å². The van der Waals surface area contributed by atoms with Crippen LogP contribution in [0.3, 0.4) is 0 Å². The van der Waals surface area contributed by atoms with Gasteiger partial charge in [0.1, 0.15) is 11.5 Å². The van der Waals surface area contributed by atoms with Crippen molar-refractivity contribution in [2.45, 2.75) is 6.92 Å². The third kappa shape index (κ3) is 5.64. The van der Waals surface area contributed by atoms with Gasteiger partial charge >= 0.3 is 0 Å². The second-order valence-corrected chi connectivity index (χ2v) is 7.26. The average molecular weight is 467 g/mol. The highest BCUT2D eigenvalue weighted by molar-refractivity contribution is 9.10. The Balaban J connectivity index is 1.54. The molecule has 0 fully saturated rings. The van der Waals surface area contributed by atoms with Gasteiger partial charge in [-0.05, 0) is 57.7 Å². The molecular weight excluding hydrogens is 444 g/mol. The van der Waals surface area contributed by atoms with E-state index in [0.29, 0.717) is 11.5 Å². The van der Waals surface area contributed by atoms with Crippen molar-refractivity contribution in [3.8, 4) is 22.6 Å². The maximum atomic E-state index is 12.2. The molecule has 0 aliphatic heterocycles. The number of rotatable bonds is 8. The molecule has 30 heavy (non-hydrogen) atoms. The van der Waals surface area contributed by atoms with Crippen LogP contribution in [0.2, 0.25) is 0 Å². The van der Waals surface area contributed by atoms with Crippen molar-refractivity contribution in [1.29, 1.82) is 0 Å². The van der Waals surface area contributed by atoms with Crippen molar-refractivity contribution in [3.63, 3.8) is 0 Å². The molecule has 5 nitrogen and oxygen atoms in total. The van der Waals surface area contributed by atoms with Gasteiger partial charge in [0.05, 0.1) is 17.3 Å². The van der Waals surface area contributed by atoms with Gasteiger partial charge < -0.3 is 9.47 Å². The van der Waals surface area contributed by atoms with Crippen molar-refractivity contribution >= 4 is 27.5 Å². The van der Waals surface area contributed by atoms with Gasteiger partial charge in [-0.25, -0.2) is 0 Å². The van der Waals surface area contributed by atoms with E-state index in [0.717, 1.165) is 26.9 Å². The topological polar surface area (TPSA) is 59.6 Å². The van der Waals surface area contributed by atoms with Crippen molar-refractivity contribution in [2.24, 2.45) is 0 Å². The number of allylic oxidation sites excluding steroid dienone is 1. The largest absolute Gasteiger partial charge is 0.497 e. The fourth-order valence-electron chi connectivity index (χ4n) is 2.83. The van der Waals surface area contributed by atoms with E-state index in [2.05, 4.69) is 51.0 Å².